The number of thiazole rings is 1. The van der Waals surface area contributed by atoms with Crippen LogP contribution in [0.4, 0.5) is 0 Å². The first-order chi connectivity index (χ1) is 9.29. The van der Waals surface area contributed by atoms with Crippen molar-refractivity contribution >= 4 is 17.1 Å². The van der Waals surface area contributed by atoms with Crippen molar-refractivity contribution in [3.05, 3.63) is 40.7 Å². The Bertz CT molecular complexity index is 519. The Hall–Kier alpha value is -1.48. The Labute approximate surface area is 118 Å². The topological polar surface area (TPSA) is 30.0 Å². The molecule has 100 valence electrons. The van der Waals surface area contributed by atoms with Gasteiger partial charge in [0.1, 0.15) is 5.78 Å². The second-order valence-corrected chi connectivity index (χ2v) is 5.58. The van der Waals surface area contributed by atoms with Gasteiger partial charge in [-0.15, -0.1) is 11.3 Å². The lowest BCUT2D eigenvalue weighted by Crippen LogP contribution is -1.97. The van der Waals surface area contributed by atoms with E-state index in [9.17, 15) is 4.79 Å². The maximum Gasteiger partial charge on any atom is 0.132 e. The summed E-state index contributed by atoms with van der Waals surface area (Å²) in [5.74, 6) is 0.377. The zero-order valence-corrected chi connectivity index (χ0v) is 12.1. The zero-order valence-electron chi connectivity index (χ0n) is 11.3. The molecule has 1 heterocycles. The minimum Gasteiger partial charge on any atom is -0.300 e. The van der Waals surface area contributed by atoms with Crippen molar-refractivity contribution in [1.82, 2.24) is 4.98 Å². The van der Waals surface area contributed by atoms with Crippen molar-refractivity contribution in [1.29, 1.82) is 0 Å². The van der Waals surface area contributed by atoms with Gasteiger partial charge in [0.05, 0.1) is 10.7 Å². The normalized spacial score (nSPS) is 10.6. The SMILES string of the molecule is CCCC(=O)CCCc1nc(-c2ccccc2)cs1. The molecule has 2 aromatic rings. The molecule has 0 amide bonds. The van der Waals surface area contributed by atoms with Crippen LogP contribution in [-0.2, 0) is 11.2 Å². The molecule has 0 fully saturated rings. The lowest BCUT2D eigenvalue weighted by molar-refractivity contribution is -0.119. The summed E-state index contributed by atoms with van der Waals surface area (Å²) in [6.07, 6.45) is 4.18. The molecule has 19 heavy (non-hydrogen) atoms. The molecule has 2 nitrogen and oxygen atoms in total. The van der Waals surface area contributed by atoms with E-state index in [1.54, 1.807) is 11.3 Å². The molecule has 0 spiro atoms. The molecule has 3 heteroatoms. The number of rotatable bonds is 7. The quantitative estimate of drug-likeness (QED) is 0.743. The molecule has 0 bridgehead atoms. The number of carbonyl (C=O) groups is 1. The van der Waals surface area contributed by atoms with Gasteiger partial charge < -0.3 is 0 Å². The summed E-state index contributed by atoms with van der Waals surface area (Å²) in [5, 5.41) is 3.22. The maximum absolute atomic E-state index is 11.4. The zero-order chi connectivity index (χ0) is 13.5. The van der Waals surface area contributed by atoms with Crippen LogP contribution in [0.3, 0.4) is 0 Å². The van der Waals surface area contributed by atoms with Gasteiger partial charge in [0.25, 0.3) is 0 Å². The number of ketones is 1. The Balaban J connectivity index is 1.86. The van der Waals surface area contributed by atoms with Crippen LogP contribution in [0.15, 0.2) is 35.7 Å². The molecule has 1 aromatic carbocycles. The number of Topliss-reactive ketones (excluding diaryl/α,β-unsaturated/α-hetero) is 1. The summed E-state index contributed by atoms with van der Waals surface area (Å²) in [6.45, 7) is 2.05. The molecule has 0 saturated heterocycles. The van der Waals surface area contributed by atoms with Crippen LogP contribution in [0.5, 0.6) is 0 Å². The van der Waals surface area contributed by atoms with E-state index in [2.05, 4.69) is 22.5 Å². The third-order valence-electron chi connectivity index (χ3n) is 3.00. The van der Waals surface area contributed by atoms with Gasteiger partial charge in [-0.2, -0.15) is 0 Å². The van der Waals surface area contributed by atoms with Crippen LogP contribution >= 0.6 is 11.3 Å². The summed E-state index contributed by atoms with van der Waals surface area (Å²) < 4.78 is 0. The molecular weight excluding hydrogens is 254 g/mol. The maximum atomic E-state index is 11.4. The standard InChI is InChI=1S/C16H19NOS/c1-2-7-14(18)10-6-11-16-17-15(12-19-16)13-8-4-3-5-9-13/h3-5,8-9,12H,2,6-7,10-11H2,1H3. The summed E-state index contributed by atoms with van der Waals surface area (Å²) in [7, 11) is 0. The van der Waals surface area contributed by atoms with Crippen molar-refractivity contribution in [2.75, 3.05) is 0 Å². The summed E-state index contributed by atoms with van der Waals surface area (Å²) in [6, 6.07) is 10.2. The summed E-state index contributed by atoms with van der Waals surface area (Å²) in [4.78, 5) is 16.1. The van der Waals surface area contributed by atoms with Gasteiger partial charge in [0.15, 0.2) is 0 Å². The fourth-order valence-electron chi connectivity index (χ4n) is 2.01. The molecule has 1 aromatic heterocycles. The van der Waals surface area contributed by atoms with Crippen molar-refractivity contribution < 1.29 is 4.79 Å². The molecule has 2 rings (SSSR count). The molecule has 0 aliphatic rings. The first-order valence-corrected chi connectivity index (χ1v) is 7.69. The molecule has 0 atom stereocenters. The Morgan fingerprint density at radius 2 is 2.00 bits per heavy atom. The highest BCUT2D eigenvalue weighted by Gasteiger charge is 2.05. The Kier molecular flexibility index (Phi) is 5.28. The van der Waals surface area contributed by atoms with Crippen LogP contribution in [0.2, 0.25) is 0 Å². The number of aromatic nitrogens is 1. The van der Waals surface area contributed by atoms with Crippen LogP contribution in [-0.4, -0.2) is 10.8 Å². The van der Waals surface area contributed by atoms with E-state index in [0.29, 0.717) is 18.6 Å². The number of hydrogen-bond donors (Lipinski definition) is 0. The highest BCUT2D eigenvalue weighted by atomic mass is 32.1. The third kappa shape index (κ3) is 4.28. The van der Waals surface area contributed by atoms with E-state index < -0.39 is 0 Å². The highest BCUT2D eigenvalue weighted by Crippen LogP contribution is 2.22. The predicted molar refractivity (Wildman–Crippen MR) is 80.4 cm³/mol. The Morgan fingerprint density at radius 1 is 1.21 bits per heavy atom. The van der Waals surface area contributed by atoms with Gasteiger partial charge in [0, 0.05) is 23.8 Å². The molecule has 0 unspecified atom stereocenters. The van der Waals surface area contributed by atoms with E-state index in [-0.39, 0.29) is 0 Å². The minimum absolute atomic E-state index is 0.377. The van der Waals surface area contributed by atoms with Crippen LogP contribution in [0.1, 0.15) is 37.6 Å². The number of nitrogens with zero attached hydrogens (tertiary/aromatic N) is 1. The fourth-order valence-corrected chi connectivity index (χ4v) is 2.86. The van der Waals surface area contributed by atoms with E-state index >= 15 is 0 Å². The van der Waals surface area contributed by atoms with Gasteiger partial charge in [-0.3, -0.25) is 4.79 Å². The second-order valence-electron chi connectivity index (χ2n) is 4.63. The largest absolute Gasteiger partial charge is 0.300 e. The number of hydrogen-bond acceptors (Lipinski definition) is 3. The van der Waals surface area contributed by atoms with E-state index in [0.717, 1.165) is 35.5 Å². The number of carbonyl (C=O) groups excluding carboxylic acids is 1. The first kappa shape index (κ1) is 13.9. The lowest BCUT2D eigenvalue weighted by atomic mass is 10.1. The van der Waals surface area contributed by atoms with Crippen LogP contribution in [0.25, 0.3) is 11.3 Å². The van der Waals surface area contributed by atoms with E-state index in [1.165, 1.54) is 0 Å². The molecular formula is C16H19NOS. The van der Waals surface area contributed by atoms with Crippen molar-refractivity contribution in [2.45, 2.75) is 39.0 Å². The summed E-state index contributed by atoms with van der Waals surface area (Å²) >= 11 is 1.69. The first-order valence-electron chi connectivity index (χ1n) is 6.81. The lowest BCUT2D eigenvalue weighted by Gasteiger charge is -1.98. The van der Waals surface area contributed by atoms with Crippen molar-refractivity contribution in [3.63, 3.8) is 0 Å². The van der Waals surface area contributed by atoms with Crippen molar-refractivity contribution in [3.8, 4) is 11.3 Å². The third-order valence-corrected chi connectivity index (χ3v) is 3.90. The van der Waals surface area contributed by atoms with E-state index in [1.807, 2.05) is 25.1 Å². The van der Waals surface area contributed by atoms with Gasteiger partial charge >= 0.3 is 0 Å². The molecule has 0 aliphatic heterocycles. The Morgan fingerprint density at radius 3 is 2.74 bits per heavy atom. The monoisotopic (exact) mass is 273 g/mol. The van der Waals surface area contributed by atoms with Crippen LogP contribution in [0, 0.1) is 0 Å². The summed E-state index contributed by atoms with van der Waals surface area (Å²) in [5.41, 5.74) is 2.20. The minimum atomic E-state index is 0.377. The van der Waals surface area contributed by atoms with Crippen molar-refractivity contribution in [2.24, 2.45) is 0 Å². The molecule has 0 radical (unpaired) electrons. The van der Waals surface area contributed by atoms with Gasteiger partial charge in [-0.05, 0) is 19.3 Å². The molecule has 0 saturated carbocycles. The van der Waals surface area contributed by atoms with Gasteiger partial charge in [-0.1, -0.05) is 37.3 Å². The average Bonchev–Trinajstić information content (AvgIpc) is 2.89. The fraction of sp³-hybridized carbons (Fsp3) is 0.375. The second kappa shape index (κ2) is 7.19. The van der Waals surface area contributed by atoms with Crippen LogP contribution < -0.4 is 0 Å². The predicted octanol–water partition coefficient (Wildman–Crippen LogP) is 4.50. The highest BCUT2D eigenvalue weighted by molar-refractivity contribution is 7.09. The van der Waals surface area contributed by atoms with E-state index in [4.69, 9.17) is 0 Å². The smallest absolute Gasteiger partial charge is 0.132 e. The number of benzene rings is 1. The van der Waals surface area contributed by atoms with Gasteiger partial charge in [0.2, 0.25) is 0 Å². The average molecular weight is 273 g/mol. The number of aryl methyl sites for hydroxylation is 1. The van der Waals surface area contributed by atoms with Gasteiger partial charge in [-0.25, -0.2) is 4.98 Å². The molecule has 0 N–H and O–H groups in total. The molecule has 0 aliphatic carbocycles.